The standard InChI is InChI=1S/C24H37N5O/c1-16(2)6-5-7-22-27-28-24(29(22)20-9-10-20)19(12-13-25)15-23(30)26-21-11-8-17(3)14-18(21)4/h8,11,14,16,19-20H,5-7,9-10,12-13,15,25H2,1-4H3,(H,26,30). The van der Waals surface area contributed by atoms with Crippen LogP contribution >= 0.6 is 0 Å². The van der Waals surface area contributed by atoms with Gasteiger partial charge in [-0.1, -0.05) is 38.0 Å². The third-order valence-corrected chi connectivity index (χ3v) is 5.85. The normalized spacial score (nSPS) is 14.9. The Morgan fingerprint density at radius 3 is 2.63 bits per heavy atom. The summed E-state index contributed by atoms with van der Waals surface area (Å²) in [6.07, 6.45) is 6.72. The minimum Gasteiger partial charge on any atom is -0.330 e. The molecule has 1 aromatic carbocycles. The first-order valence-corrected chi connectivity index (χ1v) is 11.4. The van der Waals surface area contributed by atoms with E-state index in [0.717, 1.165) is 42.2 Å². The molecule has 1 heterocycles. The summed E-state index contributed by atoms with van der Waals surface area (Å²) in [5.74, 6) is 2.71. The molecule has 0 saturated heterocycles. The van der Waals surface area contributed by atoms with Gasteiger partial charge in [-0.2, -0.15) is 0 Å². The van der Waals surface area contributed by atoms with Gasteiger partial charge < -0.3 is 15.6 Å². The average Bonchev–Trinajstić information content (AvgIpc) is 3.43. The van der Waals surface area contributed by atoms with Crippen LogP contribution in [0.4, 0.5) is 5.69 Å². The zero-order valence-electron chi connectivity index (χ0n) is 18.9. The Hall–Kier alpha value is -2.21. The second kappa shape index (κ2) is 10.2. The lowest BCUT2D eigenvalue weighted by Crippen LogP contribution is -2.21. The highest BCUT2D eigenvalue weighted by Gasteiger charge is 2.32. The maximum Gasteiger partial charge on any atom is 0.225 e. The SMILES string of the molecule is Cc1ccc(NC(=O)CC(CCN)c2nnc(CCCC(C)C)n2C2CC2)c(C)c1. The lowest BCUT2D eigenvalue weighted by Gasteiger charge is -2.18. The number of hydrogen-bond acceptors (Lipinski definition) is 4. The van der Waals surface area contributed by atoms with Crippen LogP contribution in [-0.4, -0.2) is 27.2 Å². The Morgan fingerprint density at radius 1 is 1.23 bits per heavy atom. The van der Waals surface area contributed by atoms with Crippen LogP contribution in [-0.2, 0) is 11.2 Å². The minimum atomic E-state index is -0.00676. The fraction of sp³-hybridized carbons (Fsp3) is 0.625. The summed E-state index contributed by atoms with van der Waals surface area (Å²) >= 11 is 0. The number of benzene rings is 1. The Balaban J connectivity index is 1.73. The van der Waals surface area contributed by atoms with Gasteiger partial charge in [0.05, 0.1) is 0 Å². The second-order valence-corrected chi connectivity index (χ2v) is 9.21. The molecule has 3 rings (SSSR count). The molecule has 6 nitrogen and oxygen atoms in total. The summed E-state index contributed by atoms with van der Waals surface area (Å²) in [6.45, 7) is 9.11. The van der Waals surface area contributed by atoms with E-state index >= 15 is 0 Å². The molecule has 0 bridgehead atoms. The van der Waals surface area contributed by atoms with E-state index in [0.29, 0.717) is 24.9 Å². The molecule has 164 valence electrons. The molecule has 0 radical (unpaired) electrons. The molecule has 1 aliphatic rings. The van der Waals surface area contributed by atoms with Crippen molar-refractivity contribution in [2.24, 2.45) is 11.7 Å². The summed E-state index contributed by atoms with van der Waals surface area (Å²) < 4.78 is 2.32. The third kappa shape index (κ3) is 5.91. The van der Waals surface area contributed by atoms with E-state index in [1.54, 1.807) is 0 Å². The van der Waals surface area contributed by atoms with Crippen LogP contribution in [0.25, 0.3) is 0 Å². The van der Waals surface area contributed by atoms with Crippen molar-refractivity contribution < 1.29 is 4.79 Å². The average molecular weight is 412 g/mol. The van der Waals surface area contributed by atoms with E-state index in [1.807, 2.05) is 19.1 Å². The third-order valence-electron chi connectivity index (χ3n) is 5.85. The van der Waals surface area contributed by atoms with Gasteiger partial charge in [-0.05, 0) is 63.6 Å². The number of carbonyl (C=O) groups excluding carboxylic acids is 1. The van der Waals surface area contributed by atoms with Crippen molar-refractivity contribution in [3.63, 3.8) is 0 Å². The van der Waals surface area contributed by atoms with Crippen LogP contribution in [0.2, 0.25) is 0 Å². The van der Waals surface area contributed by atoms with Gasteiger partial charge >= 0.3 is 0 Å². The van der Waals surface area contributed by atoms with Crippen molar-refractivity contribution in [3.8, 4) is 0 Å². The number of nitrogens with two attached hydrogens (primary N) is 1. The van der Waals surface area contributed by atoms with Gasteiger partial charge in [0.1, 0.15) is 11.6 Å². The van der Waals surface area contributed by atoms with Gasteiger partial charge in [0.25, 0.3) is 0 Å². The van der Waals surface area contributed by atoms with Crippen molar-refractivity contribution in [1.29, 1.82) is 0 Å². The van der Waals surface area contributed by atoms with E-state index < -0.39 is 0 Å². The van der Waals surface area contributed by atoms with Crippen LogP contribution in [0.1, 0.15) is 87.1 Å². The molecule has 1 fully saturated rings. The maximum atomic E-state index is 12.8. The van der Waals surface area contributed by atoms with Crippen molar-refractivity contribution in [2.45, 2.75) is 84.6 Å². The Bertz CT molecular complexity index is 853. The summed E-state index contributed by atoms with van der Waals surface area (Å²) in [5.41, 5.74) is 9.04. The van der Waals surface area contributed by atoms with Crippen LogP contribution in [0.5, 0.6) is 0 Å². The van der Waals surface area contributed by atoms with E-state index in [1.165, 1.54) is 24.8 Å². The molecule has 1 unspecified atom stereocenters. The van der Waals surface area contributed by atoms with Gasteiger partial charge in [-0.25, -0.2) is 0 Å². The molecule has 1 aromatic heterocycles. The number of hydrogen-bond donors (Lipinski definition) is 2. The topological polar surface area (TPSA) is 85.8 Å². The fourth-order valence-corrected chi connectivity index (χ4v) is 4.09. The minimum absolute atomic E-state index is 0.00658. The molecular formula is C24H37N5O. The Morgan fingerprint density at radius 2 is 2.00 bits per heavy atom. The molecule has 0 spiro atoms. The molecule has 1 atom stereocenters. The molecule has 3 N–H and O–H groups in total. The number of nitrogens with zero attached hydrogens (tertiary/aromatic N) is 3. The molecule has 30 heavy (non-hydrogen) atoms. The zero-order chi connectivity index (χ0) is 21.7. The first-order chi connectivity index (χ1) is 14.4. The van der Waals surface area contributed by atoms with Crippen molar-refractivity contribution in [2.75, 3.05) is 11.9 Å². The Labute approximate surface area is 180 Å². The quantitative estimate of drug-likeness (QED) is 0.563. The monoisotopic (exact) mass is 411 g/mol. The largest absolute Gasteiger partial charge is 0.330 e. The zero-order valence-corrected chi connectivity index (χ0v) is 18.9. The van der Waals surface area contributed by atoms with Crippen LogP contribution < -0.4 is 11.1 Å². The smallest absolute Gasteiger partial charge is 0.225 e. The van der Waals surface area contributed by atoms with E-state index in [9.17, 15) is 4.79 Å². The molecule has 1 saturated carbocycles. The first-order valence-electron chi connectivity index (χ1n) is 11.4. The second-order valence-electron chi connectivity index (χ2n) is 9.21. The van der Waals surface area contributed by atoms with Crippen molar-refractivity contribution in [1.82, 2.24) is 14.8 Å². The molecule has 6 heteroatoms. The lowest BCUT2D eigenvalue weighted by molar-refractivity contribution is -0.116. The molecular weight excluding hydrogens is 374 g/mol. The van der Waals surface area contributed by atoms with Crippen molar-refractivity contribution in [3.05, 3.63) is 41.0 Å². The summed E-state index contributed by atoms with van der Waals surface area (Å²) in [7, 11) is 0. The predicted octanol–water partition coefficient (Wildman–Crippen LogP) is 4.67. The molecule has 1 aliphatic carbocycles. The van der Waals surface area contributed by atoms with E-state index in [4.69, 9.17) is 5.73 Å². The van der Waals surface area contributed by atoms with Gasteiger partial charge in [-0.3, -0.25) is 4.79 Å². The van der Waals surface area contributed by atoms with Crippen LogP contribution in [0.15, 0.2) is 18.2 Å². The first kappa shape index (κ1) is 22.5. The van der Waals surface area contributed by atoms with Crippen molar-refractivity contribution >= 4 is 11.6 Å². The number of rotatable bonds is 11. The summed E-state index contributed by atoms with van der Waals surface area (Å²) in [5, 5.41) is 12.2. The highest BCUT2D eigenvalue weighted by molar-refractivity contribution is 5.92. The predicted molar refractivity (Wildman–Crippen MR) is 122 cm³/mol. The number of anilines is 1. The molecule has 0 aliphatic heterocycles. The van der Waals surface area contributed by atoms with Gasteiger partial charge in [0.2, 0.25) is 5.91 Å². The number of aromatic nitrogens is 3. The van der Waals surface area contributed by atoms with Crippen LogP contribution in [0.3, 0.4) is 0 Å². The fourth-order valence-electron chi connectivity index (χ4n) is 4.09. The van der Waals surface area contributed by atoms with Crippen LogP contribution in [0, 0.1) is 19.8 Å². The highest BCUT2D eigenvalue weighted by Crippen LogP contribution is 2.39. The summed E-state index contributed by atoms with van der Waals surface area (Å²) in [6, 6.07) is 6.57. The maximum absolute atomic E-state index is 12.8. The Kier molecular flexibility index (Phi) is 7.64. The number of nitrogens with one attached hydrogen (secondary N) is 1. The molecule has 2 aromatic rings. The number of aryl methyl sites for hydroxylation is 3. The highest BCUT2D eigenvalue weighted by atomic mass is 16.1. The van der Waals surface area contributed by atoms with Gasteiger partial charge in [-0.15, -0.1) is 10.2 Å². The number of amides is 1. The summed E-state index contributed by atoms with van der Waals surface area (Å²) in [4.78, 5) is 12.8. The molecule has 1 amide bonds. The van der Waals surface area contributed by atoms with Gasteiger partial charge in [0, 0.05) is 30.5 Å². The number of carbonyl (C=O) groups is 1. The van der Waals surface area contributed by atoms with E-state index in [-0.39, 0.29) is 11.8 Å². The lowest BCUT2D eigenvalue weighted by atomic mass is 9.99. The van der Waals surface area contributed by atoms with E-state index in [2.05, 4.69) is 46.9 Å². The van der Waals surface area contributed by atoms with Gasteiger partial charge in [0.15, 0.2) is 0 Å².